The summed E-state index contributed by atoms with van der Waals surface area (Å²) >= 11 is 0. The fourth-order valence-corrected chi connectivity index (χ4v) is 2.30. The van der Waals surface area contributed by atoms with Gasteiger partial charge < -0.3 is 10.2 Å². The molecule has 120 valence electrons. The molecule has 0 spiro atoms. The van der Waals surface area contributed by atoms with E-state index in [0.29, 0.717) is 18.7 Å². The van der Waals surface area contributed by atoms with Crippen molar-refractivity contribution in [1.29, 1.82) is 0 Å². The zero-order valence-corrected chi connectivity index (χ0v) is 11.9. The van der Waals surface area contributed by atoms with Gasteiger partial charge in [-0.3, -0.25) is 9.78 Å². The van der Waals surface area contributed by atoms with Crippen LogP contribution in [-0.2, 0) is 6.18 Å². The van der Waals surface area contributed by atoms with Crippen LogP contribution in [0.4, 0.5) is 19.0 Å². The molecule has 1 N–H and O–H groups in total. The summed E-state index contributed by atoms with van der Waals surface area (Å²) in [5, 5.41) is 2.82. The van der Waals surface area contributed by atoms with Gasteiger partial charge in [0, 0.05) is 37.2 Å². The smallest absolute Gasteiger partial charge is 0.352 e. The summed E-state index contributed by atoms with van der Waals surface area (Å²) in [6.07, 6.45) is -0.207. The van der Waals surface area contributed by atoms with E-state index in [1.807, 2.05) is 0 Å². The first-order chi connectivity index (χ1) is 10.9. The average Bonchev–Trinajstić information content (AvgIpc) is 2.50. The molecular weight excluding hydrogens is 309 g/mol. The summed E-state index contributed by atoms with van der Waals surface area (Å²) in [5.74, 6) is 0.0308. The van der Waals surface area contributed by atoms with Gasteiger partial charge in [0.05, 0.1) is 11.6 Å². The van der Waals surface area contributed by atoms with Crippen LogP contribution in [0.2, 0.25) is 0 Å². The lowest BCUT2D eigenvalue weighted by Gasteiger charge is -2.40. The van der Waals surface area contributed by atoms with Gasteiger partial charge in [-0.25, -0.2) is 4.98 Å². The number of carbonyl (C=O) groups excluding carboxylic acids is 1. The number of hydrogen-bond acceptors (Lipinski definition) is 4. The van der Waals surface area contributed by atoms with Crippen molar-refractivity contribution in [2.24, 2.45) is 0 Å². The number of anilines is 1. The number of aromatic nitrogens is 2. The number of halogens is 3. The van der Waals surface area contributed by atoms with Crippen LogP contribution in [-0.4, -0.2) is 35.0 Å². The highest BCUT2D eigenvalue weighted by atomic mass is 19.4. The van der Waals surface area contributed by atoms with E-state index < -0.39 is 11.7 Å². The lowest BCUT2D eigenvalue weighted by atomic mass is 10.1. The Morgan fingerprint density at radius 1 is 1.17 bits per heavy atom. The Morgan fingerprint density at radius 2 is 1.87 bits per heavy atom. The van der Waals surface area contributed by atoms with Crippen LogP contribution in [0, 0.1) is 0 Å². The van der Waals surface area contributed by atoms with Crippen molar-refractivity contribution in [3.05, 3.63) is 54.0 Å². The predicted octanol–water partition coefficient (Wildman–Crippen LogP) is 2.11. The summed E-state index contributed by atoms with van der Waals surface area (Å²) in [6.45, 7) is 0.844. The Labute approximate surface area is 130 Å². The van der Waals surface area contributed by atoms with E-state index >= 15 is 0 Å². The number of amides is 1. The van der Waals surface area contributed by atoms with Crippen molar-refractivity contribution in [1.82, 2.24) is 15.3 Å². The Bertz CT molecular complexity index is 699. The van der Waals surface area contributed by atoms with E-state index in [4.69, 9.17) is 0 Å². The number of nitrogens with one attached hydrogen (secondary N) is 1. The molecule has 0 atom stereocenters. The molecular formula is C15H13F3N4O. The molecule has 23 heavy (non-hydrogen) atoms. The highest BCUT2D eigenvalue weighted by Crippen LogP contribution is 2.31. The topological polar surface area (TPSA) is 58.1 Å². The largest absolute Gasteiger partial charge is 0.416 e. The molecule has 1 fully saturated rings. The van der Waals surface area contributed by atoms with E-state index in [9.17, 15) is 18.0 Å². The summed E-state index contributed by atoms with van der Waals surface area (Å²) in [4.78, 5) is 21.4. The SMILES string of the molecule is O=C(NC1CN(c2cc(C(F)(F)F)ccn2)C1)c1ccncc1. The lowest BCUT2D eigenvalue weighted by Crippen LogP contribution is -2.59. The zero-order chi connectivity index (χ0) is 16.4. The first-order valence-electron chi connectivity index (χ1n) is 6.92. The van der Waals surface area contributed by atoms with Crippen LogP contribution in [0.15, 0.2) is 42.9 Å². The van der Waals surface area contributed by atoms with Gasteiger partial charge in [0.1, 0.15) is 5.82 Å². The van der Waals surface area contributed by atoms with Crippen LogP contribution in [0.5, 0.6) is 0 Å². The molecule has 5 nitrogen and oxygen atoms in total. The van der Waals surface area contributed by atoms with E-state index in [2.05, 4.69) is 15.3 Å². The summed E-state index contributed by atoms with van der Waals surface area (Å²) in [6, 6.07) is 5.03. The quantitative estimate of drug-likeness (QED) is 0.940. The minimum Gasteiger partial charge on any atom is -0.352 e. The van der Waals surface area contributed by atoms with E-state index in [1.165, 1.54) is 12.4 Å². The third-order valence-corrected chi connectivity index (χ3v) is 3.56. The molecule has 0 aromatic carbocycles. The minimum atomic E-state index is -4.39. The molecule has 0 saturated carbocycles. The lowest BCUT2D eigenvalue weighted by molar-refractivity contribution is -0.137. The van der Waals surface area contributed by atoms with Gasteiger partial charge in [0.15, 0.2) is 0 Å². The van der Waals surface area contributed by atoms with Crippen LogP contribution in [0.25, 0.3) is 0 Å². The van der Waals surface area contributed by atoms with Gasteiger partial charge in [0.2, 0.25) is 0 Å². The summed E-state index contributed by atoms with van der Waals surface area (Å²) in [7, 11) is 0. The Morgan fingerprint density at radius 3 is 2.52 bits per heavy atom. The van der Waals surface area contributed by atoms with Gasteiger partial charge >= 0.3 is 6.18 Å². The van der Waals surface area contributed by atoms with E-state index in [-0.39, 0.29) is 17.8 Å². The molecule has 0 radical (unpaired) electrons. The van der Waals surface area contributed by atoms with Crippen molar-refractivity contribution in [2.45, 2.75) is 12.2 Å². The third kappa shape index (κ3) is 3.41. The zero-order valence-electron chi connectivity index (χ0n) is 11.9. The maximum absolute atomic E-state index is 12.7. The standard InChI is InChI=1S/C15H13F3N4O/c16-15(17,18)11-3-6-20-13(7-11)22-8-12(9-22)21-14(23)10-1-4-19-5-2-10/h1-7,12H,8-9H2,(H,21,23). The predicted molar refractivity (Wildman–Crippen MR) is 76.9 cm³/mol. The fraction of sp³-hybridized carbons (Fsp3) is 0.267. The van der Waals surface area contributed by atoms with Gasteiger partial charge in [-0.05, 0) is 24.3 Å². The molecule has 2 aromatic rings. The normalized spacial score (nSPS) is 15.2. The molecule has 1 saturated heterocycles. The molecule has 2 aromatic heterocycles. The van der Waals surface area contributed by atoms with Gasteiger partial charge in [0.25, 0.3) is 5.91 Å². The number of carbonyl (C=O) groups is 1. The molecule has 8 heteroatoms. The second-order valence-corrected chi connectivity index (χ2v) is 5.21. The number of pyridine rings is 2. The number of nitrogens with zero attached hydrogens (tertiary/aromatic N) is 3. The van der Waals surface area contributed by atoms with Crippen LogP contribution < -0.4 is 10.2 Å². The van der Waals surface area contributed by atoms with Gasteiger partial charge in [-0.15, -0.1) is 0 Å². The molecule has 0 bridgehead atoms. The number of alkyl halides is 3. The Balaban J connectivity index is 1.58. The third-order valence-electron chi connectivity index (χ3n) is 3.56. The molecule has 3 rings (SSSR count). The van der Waals surface area contributed by atoms with Gasteiger partial charge in [-0.1, -0.05) is 0 Å². The maximum atomic E-state index is 12.7. The van der Waals surface area contributed by atoms with Crippen molar-refractivity contribution >= 4 is 11.7 Å². The van der Waals surface area contributed by atoms with E-state index in [0.717, 1.165) is 18.3 Å². The average molecular weight is 322 g/mol. The van der Waals surface area contributed by atoms with Crippen LogP contribution >= 0.6 is 0 Å². The van der Waals surface area contributed by atoms with Crippen molar-refractivity contribution in [3.8, 4) is 0 Å². The number of rotatable bonds is 3. The highest BCUT2D eigenvalue weighted by Gasteiger charge is 2.33. The first kappa shape index (κ1) is 15.3. The van der Waals surface area contributed by atoms with Crippen LogP contribution in [0.1, 0.15) is 15.9 Å². The molecule has 0 unspecified atom stereocenters. The Kier molecular flexibility index (Phi) is 3.89. The van der Waals surface area contributed by atoms with Crippen molar-refractivity contribution < 1.29 is 18.0 Å². The minimum absolute atomic E-state index is 0.119. The Hall–Kier alpha value is -2.64. The van der Waals surface area contributed by atoms with Crippen LogP contribution in [0.3, 0.4) is 0 Å². The monoisotopic (exact) mass is 322 g/mol. The highest BCUT2D eigenvalue weighted by molar-refractivity contribution is 5.94. The van der Waals surface area contributed by atoms with Crippen molar-refractivity contribution in [2.75, 3.05) is 18.0 Å². The van der Waals surface area contributed by atoms with Gasteiger partial charge in [-0.2, -0.15) is 13.2 Å². The fourth-order valence-electron chi connectivity index (χ4n) is 2.30. The van der Waals surface area contributed by atoms with E-state index in [1.54, 1.807) is 17.0 Å². The first-order valence-corrected chi connectivity index (χ1v) is 6.92. The second-order valence-electron chi connectivity index (χ2n) is 5.21. The summed E-state index contributed by atoms with van der Waals surface area (Å²) < 4.78 is 38.0. The molecule has 1 aliphatic rings. The van der Waals surface area contributed by atoms with Crippen molar-refractivity contribution in [3.63, 3.8) is 0 Å². The summed E-state index contributed by atoms with van der Waals surface area (Å²) in [5.41, 5.74) is -0.234. The maximum Gasteiger partial charge on any atom is 0.416 e. The second kappa shape index (κ2) is 5.86. The number of hydrogen-bond donors (Lipinski definition) is 1. The molecule has 1 amide bonds. The molecule has 1 aliphatic heterocycles. The molecule has 0 aliphatic carbocycles. The molecule has 3 heterocycles.